The molecule has 0 aliphatic carbocycles. The van der Waals surface area contributed by atoms with E-state index in [0.717, 1.165) is 38.9 Å². The van der Waals surface area contributed by atoms with Crippen LogP contribution in [0.3, 0.4) is 0 Å². The van der Waals surface area contributed by atoms with E-state index in [1.54, 1.807) is 0 Å². The molecular formula is C14H26N2O3. The summed E-state index contributed by atoms with van der Waals surface area (Å²) in [5.74, 6) is -0.590. The molecule has 1 fully saturated rings. The summed E-state index contributed by atoms with van der Waals surface area (Å²) in [4.78, 5) is 26.8. The lowest BCUT2D eigenvalue weighted by atomic mass is 9.98. The minimum absolute atomic E-state index is 0.159. The molecule has 19 heavy (non-hydrogen) atoms. The van der Waals surface area contributed by atoms with Gasteiger partial charge in [-0.3, -0.25) is 14.5 Å². The third-order valence-corrected chi connectivity index (χ3v) is 3.89. The Hall–Kier alpha value is -1.10. The standard InChI is InChI=1S/C14H26N2O3/c1-3-15(4-2)13(17)11-16-10-6-5-7-12(16)8-9-14(18)19/h12H,3-11H2,1-2H3,(H,18,19). The summed E-state index contributed by atoms with van der Waals surface area (Å²) in [6, 6.07) is 0.254. The number of amides is 1. The van der Waals surface area contributed by atoms with Crippen molar-refractivity contribution in [2.24, 2.45) is 0 Å². The first-order valence-electron chi connectivity index (χ1n) is 7.32. The largest absolute Gasteiger partial charge is 0.481 e. The molecule has 1 aliphatic heterocycles. The van der Waals surface area contributed by atoms with Crippen molar-refractivity contribution < 1.29 is 14.7 Å². The molecular weight excluding hydrogens is 244 g/mol. The molecule has 0 aromatic heterocycles. The van der Waals surface area contributed by atoms with Gasteiger partial charge in [-0.25, -0.2) is 0 Å². The highest BCUT2D eigenvalue weighted by Crippen LogP contribution is 2.20. The number of hydrogen-bond donors (Lipinski definition) is 1. The summed E-state index contributed by atoms with van der Waals surface area (Å²) >= 11 is 0. The molecule has 1 atom stereocenters. The predicted octanol–water partition coefficient (Wildman–Crippen LogP) is 1.57. The zero-order valence-corrected chi connectivity index (χ0v) is 12.1. The quantitative estimate of drug-likeness (QED) is 0.763. The number of carbonyl (C=O) groups is 2. The van der Waals surface area contributed by atoms with Gasteiger partial charge in [-0.05, 0) is 39.7 Å². The molecule has 110 valence electrons. The van der Waals surface area contributed by atoms with Crippen molar-refractivity contribution in [3.8, 4) is 0 Å². The lowest BCUT2D eigenvalue weighted by molar-refractivity contribution is -0.137. The topological polar surface area (TPSA) is 60.9 Å². The second-order valence-corrected chi connectivity index (χ2v) is 5.12. The Bertz CT molecular complexity index is 303. The van der Waals surface area contributed by atoms with Crippen LogP contribution in [0.4, 0.5) is 0 Å². The molecule has 1 amide bonds. The number of likely N-dealkylation sites (N-methyl/N-ethyl adjacent to an activating group) is 1. The summed E-state index contributed by atoms with van der Waals surface area (Å²) in [5, 5.41) is 8.78. The van der Waals surface area contributed by atoms with Gasteiger partial charge in [-0.2, -0.15) is 0 Å². The van der Waals surface area contributed by atoms with Gasteiger partial charge in [0.05, 0.1) is 6.54 Å². The maximum absolute atomic E-state index is 12.1. The van der Waals surface area contributed by atoms with Crippen LogP contribution in [0.15, 0.2) is 0 Å². The Balaban J connectivity index is 2.51. The minimum Gasteiger partial charge on any atom is -0.481 e. The van der Waals surface area contributed by atoms with Gasteiger partial charge in [0.1, 0.15) is 0 Å². The summed E-state index contributed by atoms with van der Waals surface area (Å²) in [7, 11) is 0. The Morgan fingerprint density at radius 1 is 1.26 bits per heavy atom. The molecule has 1 heterocycles. The van der Waals surface area contributed by atoms with Gasteiger partial charge in [0.15, 0.2) is 0 Å². The highest BCUT2D eigenvalue weighted by molar-refractivity contribution is 5.78. The number of hydrogen-bond acceptors (Lipinski definition) is 3. The van der Waals surface area contributed by atoms with Crippen molar-refractivity contribution >= 4 is 11.9 Å². The Labute approximate surface area is 115 Å². The molecule has 5 nitrogen and oxygen atoms in total. The first-order chi connectivity index (χ1) is 9.08. The van der Waals surface area contributed by atoms with Crippen molar-refractivity contribution in [1.29, 1.82) is 0 Å². The molecule has 0 saturated carbocycles. The van der Waals surface area contributed by atoms with Gasteiger partial charge in [-0.15, -0.1) is 0 Å². The Morgan fingerprint density at radius 3 is 2.53 bits per heavy atom. The SMILES string of the molecule is CCN(CC)C(=O)CN1CCCCC1CCC(=O)O. The van der Waals surface area contributed by atoms with E-state index in [-0.39, 0.29) is 18.4 Å². The number of carboxylic acids is 1. The summed E-state index contributed by atoms with van der Waals surface area (Å²) in [6.07, 6.45) is 4.11. The second-order valence-electron chi connectivity index (χ2n) is 5.12. The van der Waals surface area contributed by atoms with E-state index in [0.29, 0.717) is 13.0 Å². The Kier molecular flexibility index (Phi) is 6.84. The zero-order chi connectivity index (χ0) is 14.3. The van der Waals surface area contributed by atoms with Gasteiger partial charge in [-0.1, -0.05) is 6.42 Å². The molecule has 1 aliphatic rings. The zero-order valence-electron chi connectivity index (χ0n) is 12.1. The molecule has 1 unspecified atom stereocenters. The summed E-state index contributed by atoms with van der Waals surface area (Å²) in [5.41, 5.74) is 0. The van der Waals surface area contributed by atoms with E-state index in [4.69, 9.17) is 5.11 Å². The van der Waals surface area contributed by atoms with E-state index in [2.05, 4.69) is 4.90 Å². The van der Waals surface area contributed by atoms with E-state index < -0.39 is 5.97 Å². The van der Waals surface area contributed by atoms with Crippen LogP contribution in [0.5, 0.6) is 0 Å². The molecule has 1 N–H and O–H groups in total. The number of carboxylic acid groups (broad SMARTS) is 1. The van der Waals surface area contributed by atoms with Crippen molar-refractivity contribution in [1.82, 2.24) is 9.80 Å². The second kappa shape index (κ2) is 8.15. The molecule has 5 heteroatoms. The fourth-order valence-electron chi connectivity index (χ4n) is 2.74. The fourth-order valence-corrected chi connectivity index (χ4v) is 2.74. The highest BCUT2D eigenvalue weighted by Gasteiger charge is 2.25. The van der Waals surface area contributed by atoms with Crippen molar-refractivity contribution in [2.75, 3.05) is 26.2 Å². The number of aliphatic carboxylic acids is 1. The number of nitrogens with zero attached hydrogens (tertiary/aromatic N) is 2. The van der Waals surface area contributed by atoms with E-state index in [1.165, 1.54) is 0 Å². The first kappa shape index (κ1) is 16.0. The van der Waals surface area contributed by atoms with Gasteiger partial charge in [0.25, 0.3) is 0 Å². The van der Waals surface area contributed by atoms with Crippen LogP contribution in [0.25, 0.3) is 0 Å². The van der Waals surface area contributed by atoms with Crippen LogP contribution >= 0.6 is 0 Å². The number of rotatable bonds is 7. The number of piperidine rings is 1. The first-order valence-corrected chi connectivity index (χ1v) is 7.32. The van der Waals surface area contributed by atoms with Crippen molar-refractivity contribution in [2.45, 2.75) is 52.0 Å². The van der Waals surface area contributed by atoms with Crippen molar-refractivity contribution in [3.05, 3.63) is 0 Å². The highest BCUT2D eigenvalue weighted by atomic mass is 16.4. The van der Waals surface area contributed by atoms with Crippen LogP contribution in [0.2, 0.25) is 0 Å². The number of carbonyl (C=O) groups excluding carboxylic acids is 1. The maximum atomic E-state index is 12.1. The monoisotopic (exact) mass is 270 g/mol. The lowest BCUT2D eigenvalue weighted by Gasteiger charge is -2.36. The average Bonchev–Trinajstić information content (AvgIpc) is 2.39. The van der Waals surface area contributed by atoms with Gasteiger partial charge in [0.2, 0.25) is 5.91 Å². The predicted molar refractivity (Wildman–Crippen MR) is 74.0 cm³/mol. The van der Waals surface area contributed by atoms with Crippen LogP contribution in [0.1, 0.15) is 46.0 Å². The molecule has 1 saturated heterocycles. The average molecular weight is 270 g/mol. The molecule has 1 rings (SSSR count). The fraction of sp³-hybridized carbons (Fsp3) is 0.857. The van der Waals surface area contributed by atoms with E-state index >= 15 is 0 Å². The smallest absolute Gasteiger partial charge is 0.303 e. The molecule has 0 bridgehead atoms. The third kappa shape index (κ3) is 5.19. The summed E-state index contributed by atoms with van der Waals surface area (Å²) < 4.78 is 0. The molecule has 0 aromatic rings. The maximum Gasteiger partial charge on any atom is 0.303 e. The van der Waals surface area contributed by atoms with Crippen LogP contribution in [-0.4, -0.2) is 59.0 Å². The Morgan fingerprint density at radius 2 is 1.95 bits per heavy atom. The van der Waals surface area contributed by atoms with E-state index in [9.17, 15) is 9.59 Å². The molecule has 0 spiro atoms. The minimum atomic E-state index is -0.749. The lowest BCUT2D eigenvalue weighted by Crippen LogP contribution is -2.46. The third-order valence-electron chi connectivity index (χ3n) is 3.89. The van der Waals surface area contributed by atoms with Crippen LogP contribution in [0, 0.1) is 0 Å². The van der Waals surface area contributed by atoms with Gasteiger partial charge < -0.3 is 10.0 Å². The van der Waals surface area contributed by atoms with Gasteiger partial charge in [0, 0.05) is 25.6 Å². The normalized spacial score (nSPS) is 20.2. The molecule has 0 aromatic carbocycles. The van der Waals surface area contributed by atoms with Crippen LogP contribution < -0.4 is 0 Å². The molecule has 0 radical (unpaired) electrons. The van der Waals surface area contributed by atoms with Crippen molar-refractivity contribution in [3.63, 3.8) is 0 Å². The number of likely N-dealkylation sites (tertiary alicyclic amines) is 1. The van der Waals surface area contributed by atoms with Crippen LogP contribution in [-0.2, 0) is 9.59 Å². The van der Waals surface area contributed by atoms with E-state index in [1.807, 2.05) is 18.7 Å². The van der Waals surface area contributed by atoms with Gasteiger partial charge >= 0.3 is 5.97 Å². The summed E-state index contributed by atoms with van der Waals surface area (Å²) in [6.45, 7) is 6.80.